The van der Waals surface area contributed by atoms with Gasteiger partial charge in [0.2, 0.25) is 10.0 Å². The number of aryl methyl sites for hydroxylation is 1. The average Bonchev–Trinajstić information content (AvgIpc) is 2.46. The third-order valence-electron chi connectivity index (χ3n) is 4.13. The van der Waals surface area contributed by atoms with Gasteiger partial charge in [0, 0.05) is 18.7 Å². The Morgan fingerprint density at radius 3 is 2.61 bits per heavy atom. The van der Waals surface area contributed by atoms with Crippen molar-refractivity contribution >= 4 is 21.7 Å². The number of carboxylic acid groups (broad SMARTS) is 1. The molecule has 1 aromatic carbocycles. The highest BCUT2D eigenvalue weighted by molar-refractivity contribution is 7.89. The number of carbonyl (C=O) groups is 1. The number of nitro benzene ring substituents is 1. The number of carboxylic acids is 1. The maximum Gasteiger partial charge on any atom is 0.307 e. The molecule has 0 bridgehead atoms. The fourth-order valence-corrected chi connectivity index (χ4v) is 4.92. The SMILES string of the molecule is Cc1cccc([N+](=O)[O-])c1S(=O)(=O)N1CC(C(=O)O)CCC1C. The second kappa shape index (κ2) is 6.25. The van der Waals surface area contributed by atoms with Gasteiger partial charge in [0.25, 0.3) is 5.69 Å². The number of hydrogen-bond acceptors (Lipinski definition) is 5. The standard InChI is InChI=1S/C14H18N2O6S/c1-9-4-3-5-12(16(19)20)13(9)23(21,22)15-8-11(14(17)18)7-6-10(15)2/h3-5,10-11H,6-8H2,1-2H3,(H,17,18). The van der Waals surface area contributed by atoms with Crippen LogP contribution in [0.1, 0.15) is 25.3 Å². The molecule has 1 fully saturated rings. The summed E-state index contributed by atoms with van der Waals surface area (Å²) in [5.41, 5.74) is -0.224. The lowest BCUT2D eigenvalue weighted by molar-refractivity contribution is -0.387. The normalized spacial score (nSPS) is 22.7. The Bertz CT molecular complexity index is 746. The predicted molar refractivity (Wildman–Crippen MR) is 81.5 cm³/mol. The molecule has 0 aromatic heterocycles. The quantitative estimate of drug-likeness (QED) is 0.658. The van der Waals surface area contributed by atoms with Crippen molar-refractivity contribution in [2.75, 3.05) is 6.54 Å². The maximum atomic E-state index is 12.9. The molecule has 1 aromatic rings. The summed E-state index contributed by atoms with van der Waals surface area (Å²) in [5, 5.41) is 20.3. The van der Waals surface area contributed by atoms with Crippen molar-refractivity contribution in [3.8, 4) is 0 Å². The Kier molecular flexibility index (Phi) is 4.71. The summed E-state index contributed by atoms with van der Waals surface area (Å²) in [6.07, 6.45) is 0.786. The van der Waals surface area contributed by atoms with E-state index in [0.717, 1.165) is 10.4 Å². The summed E-state index contributed by atoms with van der Waals surface area (Å²) in [6, 6.07) is 3.65. The van der Waals surface area contributed by atoms with Crippen LogP contribution in [0.3, 0.4) is 0 Å². The lowest BCUT2D eigenvalue weighted by atomic mass is 9.96. The van der Waals surface area contributed by atoms with E-state index in [0.29, 0.717) is 12.8 Å². The summed E-state index contributed by atoms with van der Waals surface area (Å²) >= 11 is 0. The summed E-state index contributed by atoms with van der Waals surface area (Å²) in [4.78, 5) is 21.3. The average molecular weight is 342 g/mol. The van der Waals surface area contributed by atoms with Gasteiger partial charge in [0.1, 0.15) is 0 Å². The largest absolute Gasteiger partial charge is 0.481 e. The molecule has 1 saturated heterocycles. The molecular formula is C14H18N2O6S. The van der Waals surface area contributed by atoms with E-state index in [1.54, 1.807) is 6.92 Å². The highest BCUT2D eigenvalue weighted by atomic mass is 32.2. The van der Waals surface area contributed by atoms with Gasteiger partial charge in [-0.2, -0.15) is 4.31 Å². The van der Waals surface area contributed by atoms with Gasteiger partial charge >= 0.3 is 5.97 Å². The van der Waals surface area contributed by atoms with Crippen molar-refractivity contribution in [3.05, 3.63) is 33.9 Å². The molecule has 2 unspecified atom stereocenters. The summed E-state index contributed by atoms with van der Waals surface area (Å²) in [5.74, 6) is -1.86. The van der Waals surface area contributed by atoms with Crippen LogP contribution in [-0.2, 0) is 14.8 Å². The molecule has 1 heterocycles. The first-order chi connectivity index (χ1) is 10.7. The van der Waals surface area contributed by atoms with Crippen LogP contribution in [-0.4, -0.2) is 41.3 Å². The molecule has 2 rings (SSSR count). The van der Waals surface area contributed by atoms with Crippen LogP contribution in [0.15, 0.2) is 23.1 Å². The monoisotopic (exact) mass is 342 g/mol. The van der Waals surface area contributed by atoms with E-state index in [1.165, 1.54) is 19.1 Å². The molecule has 8 nitrogen and oxygen atoms in total. The molecule has 0 amide bonds. The molecule has 9 heteroatoms. The zero-order valence-electron chi connectivity index (χ0n) is 12.8. The van der Waals surface area contributed by atoms with Gasteiger partial charge in [0.05, 0.1) is 10.8 Å². The van der Waals surface area contributed by atoms with Gasteiger partial charge in [-0.3, -0.25) is 14.9 Å². The zero-order valence-corrected chi connectivity index (χ0v) is 13.6. The van der Waals surface area contributed by atoms with Crippen LogP contribution in [0.5, 0.6) is 0 Å². The van der Waals surface area contributed by atoms with Crippen LogP contribution in [0.2, 0.25) is 0 Å². The van der Waals surface area contributed by atoms with Crippen molar-refractivity contribution in [3.63, 3.8) is 0 Å². The molecule has 0 spiro atoms. The number of benzene rings is 1. The van der Waals surface area contributed by atoms with Crippen molar-refractivity contribution in [1.29, 1.82) is 0 Å². The van der Waals surface area contributed by atoms with Crippen LogP contribution >= 0.6 is 0 Å². The number of hydrogen-bond donors (Lipinski definition) is 1. The minimum absolute atomic E-state index is 0.176. The van der Waals surface area contributed by atoms with Gasteiger partial charge in [-0.1, -0.05) is 12.1 Å². The van der Waals surface area contributed by atoms with Crippen molar-refractivity contribution < 1.29 is 23.2 Å². The Morgan fingerprint density at radius 2 is 2.04 bits per heavy atom. The lowest BCUT2D eigenvalue weighted by Gasteiger charge is -2.35. The number of piperidine rings is 1. The van der Waals surface area contributed by atoms with E-state index in [1.807, 2.05) is 0 Å². The van der Waals surface area contributed by atoms with Crippen LogP contribution in [0, 0.1) is 23.0 Å². The van der Waals surface area contributed by atoms with Gasteiger partial charge < -0.3 is 5.11 Å². The first kappa shape index (κ1) is 17.4. The molecule has 126 valence electrons. The van der Waals surface area contributed by atoms with Crippen LogP contribution in [0.4, 0.5) is 5.69 Å². The number of nitrogens with zero attached hydrogens (tertiary/aromatic N) is 2. The topological polar surface area (TPSA) is 118 Å². The number of rotatable bonds is 4. The predicted octanol–water partition coefficient (Wildman–Crippen LogP) is 1.78. The fourth-order valence-electron chi connectivity index (χ4n) is 2.85. The van der Waals surface area contributed by atoms with Crippen LogP contribution in [0.25, 0.3) is 0 Å². The van der Waals surface area contributed by atoms with Gasteiger partial charge in [-0.05, 0) is 32.3 Å². The maximum absolute atomic E-state index is 12.9. The molecular weight excluding hydrogens is 324 g/mol. The minimum Gasteiger partial charge on any atom is -0.481 e. The Labute approximate surface area is 133 Å². The van der Waals surface area contributed by atoms with E-state index >= 15 is 0 Å². The number of nitro groups is 1. The smallest absolute Gasteiger partial charge is 0.307 e. The molecule has 0 saturated carbocycles. The summed E-state index contributed by atoms with van der Waals surface area (Å²) in [7, 11) is -4.16. The second-order valence-electron chi connectivity index (χ2n) is 5.72. The van der Waals surface area contributed by atoms with Crippen molar-refractivity contribution in [2.24, 2.45) is 5.92 Å². The second-order valence-corrected chi connectivity index (χ2v) is 7.54. The first-order valence-electron chi connectivity index (χ1n) is 7.15. The van der Waals surface area contributed by atoms with Gasteiger partial charge in [0.15, 0.2) is 4.90 Å². The highest BCUT2D eigenvalue weighted by Gasteiger charge is 2.40. The van der Waals surface area contributed by atoms with Gasteiger partial charge in [-0.15, -0.1) is 0 Å². The minimum atomic E-state index is -4.16. The molecule has 0 aliphatic carbocycles. The Morgan fingerprint density at radius 1 is 1.39 bits per heavy atom. The number of aliphatic carboxylic acids is 1. The van der Waals surface area contributed by atoms with E-state index in [9.17, 15) is 23.3 Å². The fraction of sp³-hybridized carbons (Fsp3) is 0.500. The highest BCUT2D eigenvalue weighted by Crippen LogP contribution is 2.34. The van der Waals surface area contributed by atoms with E-state index in [2.05, 4.69) is 0 Å². The van der Waals surface area contributed by atoms with Crippen molar-refractivity contribution in [1.82, 2.24) is 4.31 Å². The molecule has 0 radical (unpaired) electrons. The third kappa shape index (κ3) is 3.20. The molecule has 23 heavy (non-hydrogen) atoms. The molecule has 1 N–H and O–H groups in total. The van der Waals surface area contributed by atoms with Crippen LogP contribution < -0.4 is 0 Å². The Hall–Kier alpha value is -2.00. The van der Waals surface area contributed by atoms with Gasteiger partial charge in [-0.25, -0.2) is 8.42 Å². The molecule has 1 aliphatic rings. The summed E-state index contributed by atoms with van der Waals surface area (Å²) < 4.78 is 27.0. The zero-order chi connectivity index (χ0) is 17.4. The first-order valence-corrected chi connectivity index (χ1v) is 8.59. The number of sulfonamides is 1. The Balaban J connectivity index is 2.54. The summed E-state index contributed by atoms with van der Waals surface area (Å²) in [6.45, 7) is 2.99. The molecule has 1 aliphatic heterocycles. The third-order valence-corrected chi connectivity index (χ3v) is 6.30. The van der Waals surface area contributed by atoms with E-state index in [-0.39, 0.29) is 17.0 Å². The van der Waals surface area contributed by atoms with E-state index in [4.69, 9.17) is 5.11 Å². The molecule has 2 atom stereocenters. The van der Waals surface area contributed by atoms with E-state index < -0.39 is 38.6 Å². The lowest BCUT2D eigenvalue weighted by Crippen LogP contribution is -2.47. The van der Waals surface area contributed by atoms with Crippen molar-refractivity contribution in [2.45, 2.75) is 37.6 Å².